The average Bonchev–Trinajstić information content (AvgIpc) is 2.35. The molecule has 4 nitrogen and oxygen atoms in total. The molecular formula is C17H29O4P. The summed E-state index contributed by atoms with van der Waals surface area (Å²) in [6, 6.07) is 3.84. The Labute approximate surface area is 134 Å². The standard InChI is InChI=1S/C17H29O4P/c1-8-20-22(19)21-11-12-9-13(16(2,3)4)15(18)14(10-12)17(5,6)7/h9-10,18,22H,8,11H2,1-7H3. The Bertz CT molecular complexity index is 504. The van der Waals surface area contributed by atoms with E-state index in [2.05, 4.69) is 41.5 Å². The van der Waals surface area contributed by atoms with Gasteiger partial charge in [-0.25, -0.2) is 0 Å². The molecule has 0 saturated heterocycles. The van der Waals surface area contributed by atoms with Crippen molar-refractivity contribution in [2.24, 2.45) is 0 Å². The quantitative estimate of drug-likeness (QED) is 0.779. The largest absolute Gasteiger partial charge is 0.507 e. The highest BCUT2D eigenvalue weighted by molar-refractivity contribution is 7.33. The minimum atomic E-state index is -2.46. The highest BCUT2D eigenvalue weighted by Gasteiger charge is 2.26. The predicted molar refractivity (Wildman–Crippen MR) is 90.9 cm³/mol. The van der Waals surface area contributed by atoms with E-state index in [0.29, 0.717) is 12.4 Å². The normalized spacial score (nSPS) is 14.1. The van der Waals surface area contributed by atoms with Crippen LogP contribution in [-0.4, -0.2) is 11.7 Å². The van der Waals surface area contributed by atoms with Gasteiger partial charge in [0.15, 0.2) is 0 Å². The zero-order valence-corrected chi connectivity index (χ0v) is 15.7. The molecule has 0 aliphatic heterocycles. The summed E-state index contributed by atoms with van der Waals surface area (Å²) in [5.74, 6) is 0.334. The van der Waals surface area contributed by atoms with Gasteiger partial charge in [0.25, 0.3) is 0 Å². The van der Waals surface area contributed by atoms with Gasteiger partial charge in [-0.05, 0) is 46.6 Å². The van der Waals surface area contributed by atoms with E-state index in [9.17, 15) is 9.67 Å². The van der Waals surface area contributed by atoms with Crippen LogP contribution in [0.5, 0.6) is 5.75 Å². The van der Waals surface area contributed by atoms with Crippen LogP contribution in [0.25, 0.3) is 0 Å². The lowest BCUT2D eigenvalue weighted by Gasteiger charge is -2.28. The number of aromatic hydroxyl groups is 1. The Morgan fingerprint density at radius 2 is 1.45 bits per heavy atom. The van der Waals surface area contributed by atoms with E-state index in [-0.39, 0.29) is 17.4 Å². The lowest BCUT2D eigenvalue weighted by Crippen LogP contribution is -2.18. The minimum Gasteiger partial charge on any atom is -0.507 e. The zero-order valence-electron chi connectivity index (χ0n) is 14.7. The van der Waals surface area contributed by atoms with Crippen LogP contribution in [0.15, 0.2) is 12.1 Å². The van der Waals surface area contributed by atoms with E-state index in [1.54, 1.807) is 6.92 Å². The topological polar surface area (TPSA) is 55.8 Å². The lowest BCUT2D eigenvalue weighted by atomic mass is 9.78. The van der Waals surface area contributed by atoms with Crippen LogP contribution in [0.3, 0.4) is 0 Å². The summed E-state index contributed by atoms with van der Waals surface area (Å²) in [6.45, 7) is 14.7. The van der Waals surface area contributed by atoms with Crippen LogP contribution in [0.2, 0.25) is 0 Å². The molecule has 0 aromatic heterocycles. The van der Waals surface area contributed by atoms with Crippen LogP contribution < -0.4 is 0 Å². The Morgan fingerprint density at radius 1 is 1.00 bits per heavy atom. The van der Waals surface area contributed by atoms with Crippen molar-refractivity contribution in [2.75, 3.05) is 6.61 Å². The Balaban J connectivity index is 3.21. The van der Waals surface area contributed by atoms with Crippen LogP contribution >= 0.6 is 8.25 Å². The summed E-state index contributed by atoms with van der Waals surface area (Å²) in [6.07, 6.45) is 0. The first-order valence-corrected chi connectivity index (χ1v) is 8.85. The van der Waals surface area contributed by atoms with E-state index < -0.39 is 8.25 Å². The fourth-order valence-electron chi connectivity index (χ4n) is 2.22. The van der Waals surface area contributed by atoms with Crippen molar-refractivity contribution in [3.8, 4) is 5.75 Å². The maximum Gasteiger partial charge on any atom is 0.319 e. The Kier molecular flexibility index (Phi) is 6.26. The summed E-state index contributed by atoms with van der Waals surface area (Å²) in [4.78, 5) is 0. The van der Waals surface area contributed by atoms with Crippen molar-refractivity contribution < 1.29 is 18.7 Å². The molecule has 0 fully saturated rings. The number of hydrogen-bond acceptors (Lipinski definition) is 4. The van der Waals surface area contributed by atoms with E-state index in [0.717, 1.165) is 16.7 Å². The lowest BCUT2D eigenvalue weighted by molar-refractivity contribution is 0.226. The average molecular weight is 328 g/mol. The number of benzene rings is 1. The molecule has 0 radical (unpaired) electrons. The number of hydrogen-bond donors (Lipinski definition) is 1. The van der Waals surface area contributed by atoms with Crippen LogP contribution in [0, 0.1) is 0 Å². The first-order chi connectivity index (χ1) is 9.96. The molecule has 1 N–H and O–H groups in total. The first-order valence-electron chi connectivity index (χ1n) is 7.63. The van der Waals surface area contributed by atoms with Gasteiger partial charge in [-0.15, -0.1) is 0 Å². The Hall–Kier alpha value is -0.830. The molecule has 0 saturated carbocycles. The van der Waals surface area contributed by atoms with Gasteiger partial charge in [0.2, 0.25) is 0 Å². The molecule has 0 amide bonds. The van der Waals surface area contributed by atoms with Crippen molar-refractivity contribution in [3.63, 3.8) is 0 Å². The van der Waals surface area contributed by atoms with Crippen LogP contribution in [0.4, 0.5) is 0 Å². The van der Waals surface area contributed by atoms with E-state index in [1.165, 1.54) is 0 Å². The fourth-order valence-corrected chi connectivity index (χ4v) is 2.83. The summed E-state index contributed by atoms with van der Waals surface area (Å²) in [7, 11) is -2.46. The number of rotatable bonds is 5. The van der Waals surface area contributed by atoms with Crippen molar-refractivity contribution in [1.29, 1.82) is 0 Å². The third-order valence-electron chi connectivity index (χ3n) is 3.40. The molecule has 0 spiro atoms. The van der Waals surface area contributed by atoms with Gasteiger partial charge >= 0.3 is 8.25 Å². The van der Waals surface area contributed by atoms with Gasteiger partial charge in [-0.2, -0.15) is 0 Å². The van der Waals surface area contributed by atoms with E-state index >= 15 is 0 Å². The van der Waals surface area contributed by atoms with E-state index in [4.69, 9.17) is 9.05 Å². The maximum atomic E-state index is 11.5. The molecule has 1 aromatic rings. The van der Waals surface area contributed by atoms with Crippen molar-refractivity contribution in [1.82, 2.24) is 0 Å². The van der Waals surface area contributed by atoms with Gasteiger partial charge < -0.3 is 14.2 Å². The highest BCUT2D eigenvalue weighted by atomic mass is 31.1. The van der Waals surface area contributed by atoms with E-state index in [1.807, 2.05) is 12.1 Å². The summed E-state index contributed by atoms with van der Waals surface area (Å²) in [5, 5.41) is 10.6. The number of phenols is 1. The summed E-state index contributed by atoms with van der Waals surface area (Å²) < 4.78 is 21.8. The second-order valence-corrected chi connectivity index (χ2v) is 8.59. The molecule has 126 valence electrons. The molecule has 1 unspecified atom stereocenters. The predicted octanol–water partition coefficient (Wildman–Crippen LogP) is 4.93. The van der Waals surface area contributed by atoms with Gasteiger partial charge in [-0.3, -0.25) is 4.57 Å². The third kappa shape index (κ3) is 5.12. The van der Waals surface area contributed by atoms with Gasteiger partial charge in [0.05, 0.1) is 13.2 Å². The molecule has 0 aliphatic carbocycles. The molecule has 5 heteroatoms. The minimum absolute atomic E-state index is 0.189. The van der Waals surface area contributed by atoms with Crippen LogP contribution in [-0.2, 0) is 31.0 Å². The second kappa shape index (κ2) is 7.16. The molecule has 1 rings (SSSR count). The number of phenolic OH excluding ortho intramolecular Hbond substituents is 1. The molecule has 0 bridgehead atoms. The monoisotopic (exact) mass is 328 g/mol. The molecule has 0 aliphatic rings. The summed E-state index contributed by atoms with van der Waals surface area (Å²) >= 11 is 0. The Morgan fingerprint density at radius 3 is 1.82 bits per heavy atom. The van der Waals surface area contributed by atoms with Gasteiger partial charge in [0, 0.05) is 0 Å². The zero-order chi connectivity index (χ0) is 17.1. The molecule has 1 aromatic carbocycles. The second-order valence-electron chi connectivity index (χ2n) is 7.51. The van der Waals surface area contributed by atoms with Gasteiger partial charge in [0.1, 0.15) is 5.75 Å². The summed E-state index contributed by atoms with van der Waals surface area (Å²) in [5.41, 5.74) is 2.26. The molecule has 0 heterocycles. The van der Waals surface area contributed by atoms with Crippen LogP contribution in [0.1, 0.15) is 65.2 Å². The highest BCUT2D eigenvalue weighted by Crippen LogP contribution is 2.40. The SMILES string of the molecule is CCO[PH](=O)OCc1cc(C(C)(C)C)c(O)c(C(C)(C)C)c1. The third-order valence-corrected chi connectivity index (χ3v) is 4.31. The van der Waals surface area contributed by atoms with Crippen molar-refractivity contribution in [2.45, 2.75) is 65.9 Å². The molecular weight excluding hydrogens is 299 g/mol. The maximum absolute atomic E-state index is 11.5. The smallest absolute Gasteiger partial charge is 0.319 e. The molecule has 22 heavy (non-hydrogen) atoms. The molecule has 1 atom stereocenters. The van der Waals surface area contributed by atoms with Gasteiger partial charge in [-0.1, -0.05) is 41.5 Å². The first kappa shape index (κ1) is 19.2. The fraction of sp³-hybridized carbons (Fsp3) is 0.647. The van der Waals surface area contributed by atoms with Crippen molar-refractivity contribution in [3.05, 3.63) is 28.8 Å². The van der Waals surface area contributed by atoms with Crippen molar-refractivity contribution >= 4 is 8.25 Å².